The standard InChI is InChI=1S/C11H8N2O2/c1-6-7(4-12)5-13-9-3-11(15)10(14)2-8(6)9/h2-3,5,14-15H,1H3. The van der Waals surface area contributed by atoms with Crippen molar-refractivity contribution in [3.63, 3.8) is 0 Å². The second kappa shape index (κ2) is 3.14. The summed E-state index contributed by atoms with van der Waals surface area (Å²) < 4.78 is 0. The monoisotopic (exact) mass is 200 g/mol. The van der Waals surface area contributed by atoms with Crippen LogP contribution in [0, 0.1) is 18.3 Å². The average molecular weight is 200 g/mol. The van der Waals surface area contributed by atoms with Gasteiger partial charge in [-0.25, -0.2) is 0 Å². The number of pyridine rings is 1. The van der Waals surface area contributed by atoms with Crippen LogP contribution in [0.4, 0.5) is 0 Å². The number of hydrogen-bond donors (Lipinski definition) is 2. The Bertz CT molecular complexity index is 585. The van der Waals surface area contributed by atoms with Gasteiger partial charge in [-0.1, -0.05) is 0 Å². The summed E-state index contributed by atoms with van der Waals surface area (Å²) in [6.07, 6.45) is 1.45. The summed E-state index contributed by atoms with van der Waals surface area (Å²) >= 11 is 0. The Kier molecular flexibility index (Phi) is 1.94. The maximum absolute atomic E-state index is 9.34. The van der Waals surface area contributed by atoms with Crippen molar-refractivity contribution in [3.8, 4) is 17.6 Å². The molecule has 1 aromatic carbocycles. The largest absolute Gasteiger partial charge is 0.504 e. The summed E-state index contributed by atoms with van der Waals surface area (Å²) in [5.41, 5.74) is 1.77. The van der Waals surface area contributed by atoms with Gasteiger partial charge in [0.15, 0.2) is 11.5 Å². The zero-order chi connectivity index (χ0) is 11.0. The van der Waals surface area contributed by atoms with Gasteiger partial charge in [-0.3, -0.25) is 4.98 Å². The molecule has 4 nitrogen and oxygen atoms in total. The molecular formula is C11H8N2O2. The molecule has 1 aromatic heterocycles. The van der Waals surface area contributed by atoms with E-state index < -0.39 is 0 Å². The first kappa shape index (κ1) is 9.28. The van der Waals surface area contributed by atoms with Gasteiger partial charge in [0.2, 0.25) is 0 Å². The number of aryl methyl sites for hydroxylation is 1. The molecule has 4 heteroatoms. The summed E-state index contributed by atoms with van der Waals surface area (Å²) in [4.78, 5) is 4.02. The van der Waals surface area contributed by atoms with Crippen LogP contribution in [0.5, 0.6) is 11.5 Å². The number of phenols is 2. The van der Waals surface area contributed by atoms with Gasteiger partial charge in [0.05, 0.1) is 11.1 Å². The molecule has 0 atom stereocenters. The summed E-state index contributed by atoms with van der Waals surface area (Å²) in [6.45, 7) is 1.78. The van der Waals surface area contributed by atoms with E-state index in [1.54, 1.807) is 6.92 Å². The number of nitrogens with zero attached hydrogens (tertiary/aromatic N) is 2. The predicted molar refractivity (Wildman–Crippen MR) is 54.5 cm³/mol. The molecular weight excluding hydrogens is 192 g/mol. The summed E-state index contributed by atoms with van der Waals surface area (Å²) in [5.74, 6) is -0.415. The van der Waals surface area contributed by atoms with Crippen LogP contribution in [0.3, 0.4) is 0 Å². The molecule has 0 amide bonds. The number of aromatic nitrogens is 1. The van der Waals surface area contributed by atoms with Gasteiger partial charge in [-0.15, -0.1) is 0 Å². The molecule has 74 valence electrons. The SMILES string of the molecule is Cc1c(C#N)cnc2cc(O)c(O)cc12. The highest BCUT2D eigenvalue weighted by Gasteiger charge is 2.08. The van der Waals surface area contributed by atoms with Gasteiger partial charge >= 0.3 is 0 Å². The molecule has 0 aliphatic carbocycles. The van der Waals surface area contributed by atoms with E-state index in [4.69, 9.17) is 5.26 Å². The third-order valence-corrected chi connectivity index (χ3v) is 2.35. The minimum absolute atomic E-state index is 0.206. The lowest BCUT2D eigenvalue weighted by atomic mass is 10.1. The molecule has 0 saturated carbocycles. The molecule has 0 aliphatic heterocycles. The molecule has 0 bridgehead atoms. The number of rotatable bonds is 0. The molecule has 2 N–H and O–H groups in total. The van der Waals surface area contributed by atoms with Gasteiger partial charge in [0.25, 0.3) is 0 Å². The molecule has 0 fully saturated rings. The van der Waals surface area contributed by atoms with E-state index in [1.165, 1.54) is 18.3 Å². The smallest absolute Gasteiger partial charge is 0.159 e. The lowest BCUT2D eigenvalue weighted by molar-refractivity contribution is 0.405. The Labute approximate surface area is 86.0 Å². The summed E-state index contributed by atoms with van der Waals surface area (Å²) in [5, 5.41) is 28.1. The van der Waals surface area contributed by atoms with Crippen LogP contribution in [0.25, 0.3) is 10.9 Å². The lowest BCUT2D eigenvalue weighted by Crippen LogP contribution is -1.88. The van der Waals surface area contributed by atoms with Crippen molar-refractivity contribution in [2.45, 2.75) is 6.92 Å². The molecule has 0 unspecified atom stereocenters. The molecule has 0 radical (unpaired) electrons. The van der Waals surface area contributed by atoms with Crippen LogP contribution in [-0.2, 0) is 0 Å². The van der Waals surface area contributed by atoms with Crippen LogP contribution in [0.1, 0.15) is 11.1 Å². The van der Waals surface area contributed by atoms with Crippen molar-refractivity contribution in [2.75, 3.05) is 0 Å². The molecule has 1 heterocycles. The summed E-state index contributed by atoms with van der Waals surface area (Å²) in [6, 6.07) is 4.80. The highest BCUT2D eigenvalue weighted by Crippen LogP contribution is 2.31. The molecule has 2 aromatic rings. The average Bonchev–Trinajstić information content (AvgIpc) is 2.22. The highest BCUT2D eigenvalue weighted by atomic mass is 16.3. The maximum Gasteiger partial charge on any atom is 0.159 e. The second-order valence-electron chi connectivity index (χ2n) is 3.27. The number of fused-ring (bicyclic) bond motifs is 1. The van der Waals surface area contributed by atoms with E-state index >= 15 is 0 Å². The first-order valence-electron chi connectivity index (χ1n) is 4.35. The van der Waals surface area contributed by atoms with Gasteiger partial charge in [0, 0.05) is 17.6 Å². The Balaban J connectivity index is 2.89. The van der Waals surface area contributed by atoms with E-state index in [1.807, 2.05) is 6.07 Å². The fraction of sp³-hybridized carbons (Fsp3) is 0.0909. The fourth-order valence-electron chi connectivity index (χ4n) is 1.46. The minimum Gasteiger partial charge on any atom is -0.504 e. The number of aromatic hydroxyl groups is 2. The Morgan fingerprint density at radius 3 is 2.60 bits per heavy atom. The van der Waals surface area contributed by atoms with Crippen LogP contribution < -0.4 is 0 Å². The molecule has 0 spiro atoms. The van der Waals surface area contributed by atoms with Crippen LogP contribution in [0.2, 0.25) is 0 Å². The molecule has 0 aliphatic rings. The van der Waals surface area contributed by atoms with E-state index in [0.29, 0.717) is 16.5 Å². The van der Waals surface area contributed by atoms with E-state index in [9.17, 15) is 10.2 Å². The maximum atomic E-state index is 9.34. The normalized spacial score (nSPS) is 10.1. The quantitative estimate of drug-likeness (QED) is 0.636. The van der Waals surface area contributed by atoms with Crippen molar-refractivity contribution in [2.24, 2.45) is 0 Å². The van der Waals surface area contributed by atoms with Crippen LogP contribution in [-0.4, -0.2) is 15.2 Å². The number of nitriles is 1. The zero-order valence-electron chi connectivity index (χ0n) is 8.02. The lowest BCUT2D eigenvalue weighted by Gasteiger charge is -2.05. The van der Waals surface area contributed by atoms with Crippen molar-refractivity contribution < 1.29 is 10.2 Å². The predicted octanol–water partition coefficient (Wildman–Crippen LogP) is 1.83. The van der Waals surface area contributed by atoms with Gasteiger partial charge < -0.3 is 10.2 Å². The second-order valence-corrected chi connectivity index (χ2v) is 3.27. The van der Waals surface area contributed by atoms with E-state index in [2.05, 4.69) is 4.98 Å². The van der Waals surface area contributed by atoms with Crippen molar-refractivity contribution in [3.05, 3.63) is 29.5 Å². The van der Waals surface area contributed by atoms with E-state index in [-0.39, 0.29) is 11.5 Å². The zero-order valence-corrected chi connectivity index (χ0v) is 8.02. The molecule has 15 heavy (non-hydrogen) atoms. The van der Waals surface area contributed by atoms with Crippen LogP contribution >= 0.6 is 0 Å². The third kappa shape index (κ3) is 1.34. The first-order valence-corrected chi connectivity index (χ1v) is 4.35. The third-order valence-electron chi connectivity index (χ3n) is 2.35. The van der Waals surface area contributed by atoms with Crippen molar-refractivity contribution in [1.82, 2.24) is 4.98 Å². The fourth-order valence-corrected chi connectivity index (χ4v) is 1.46. The van der Waals surface area contributed by atoms with Crippen molar-refractivity contribution in [1.29, 1.82) is 5.26 Å². The summed E-state index contributed by atoms with van der Waals surface area (Å²) in [7, 11) is 0. The Morgan fingerprint density at radius 1 is 1.27 bits per heavy atom. The number of hydrogen-bond acceptors (Lipinski definition) is 4. The van der Waals surface area contributed by atoms with E-state index in [0.717, 1.165) is 5.56 Å². The van der Waals surface area contributed by atoms with Gasteiger partial charge in [-0.05, 0) is 18.6 Å². The molecule has 0 saturated heterocycles. The molecule has 2 rings (SSSR count). The topological polar surface area (TPSA) is 77.1 Å². The Morgan fingerprint density at radius 2 is 1.93 bits per heavy atom. The Hall–Kier alpha value is -2.28. The number of phenolic OH excluding ortho intramolecular Hbond substituents is 2. The van der Waals surface area contributed by atoms with Crippen LogP contribution in [0.15, 0.2) is 18.3 Å². The highest BCUT2D eigenvalue weighted by molar-refractivity contribution is 5.86. The van der Waals surface area contributed by atoms with Crippen molar-refractivity contribution >= 4 is 10.9 Å². The number of benzene rings is 1. The van der Waals surface area contributed by atoms with Gasteiger partial charge in [0.1, 0.15) is 6.07 Å². The first-order chi connectivity index (χ1) is 7.13. The van der Waals surface area contributed by atoms with Gasteiger partial charge in [-0.2, -0.15) is 5.26 Å². The minimum atomic E-state index is -0.209.